The Morgan fingerprint density at radius 3 is 2.64 bits per heavy atom. The van der Waals surface area contributed by atoms with Gasteiger partial charge in [0.25, 0.3) is 0 Å². The topological polar surface area (TPSA) is 27.7 Å². The quantitative estimate of drug-likeness (QED) is 0.768. The molecule has 2 unspecified atom stereocenters. The van der Waals surface area contributed by atoms with Crippen LogP contribution in [0.2, 0.25) is 0 Å². The Hall–Kier alpha value is -0.800. The molecule has 0 amide bonds. The number of rotatable bonds is 4. The molecule has 3 aliphatic rings. The summed E-state index contributed by atoms with van der Waals surface area (Å²) in [5, 5.41) is 0. The van der Waals surface area contributed by atoms with Crippen LogP contribution in [0.1, 0.15) is 53.9 Å². The van der Waals surface area contributed by atoms with Crippen molar-refractivity contribution >= 4 is 0 Å². The van der Waals surface area contributed by atoms with Crippen molar-refractivity contribution in [3.8, 4) is 0 Å². The van der Waals surface area contributed by atoms with Crippen LogP contribution < -0.4 is 0 Å². The van der Waals surface area contributed by atoms with Crippen LogP contribution >= 0.6 is 0 Å². The first-order valence-corrected chi connectivity index (χ1v) is 8.86. The van der Waals surface area contributed by atoms with E-state index in [4.69, 9.17) is 14.2 Å². The van der Waals surface area contributed by atoms with Crippen LogP contribution in [0.4, 0.5) is 0 Å². The van der Waals surface area contributed by atoms with Crippen LogP contribution in [0, 0.1) is 17.3 Å². The molecule has 5 atom stereocenters. The van der Waals surface area contributed by atoms with Gasteiger partial charge in [0.15, 0.2) is 0 Å². The summed E-state index contributed by atoms with van der Waals surface area (Å²) in [5.41, 5.74) is 2.62. The van der Waals surface area contributed by atoms with Gasteiger partial charge in [-0.2, -0.15) is 0 Å². The highest BCUT2D eigenvalue weighted by Crippen LogP contribution is 2.57. The van der Waals surface area contributed by atoms with Gasteiger partial charge >= 0.3 is 0 Å². The highest BCUT2D eigenvalue weighted by atomic mass is 16.7. The molecular formula is C19H30O3. The van der Waals surface area contributed by atoms with Crippen molar-refractivity contribution in [1.82, 2.24) is 0 Å². The van der Waals surface area contributed by atoms with E-state index in [1.54, 1.807) is 0 Å². The molecule has 0 bridgehead atoms. The average molecular weight is 306 g/mol. The largest absolute Gasteiger partial charge is 0.461 e. The van der Waals surface area contributed by atoms with Gasteiger partial charge in [-0.05, 0) is 45.1 Å². The zero-order valence-electron chi connectivity index (χ0n) is 14.6. The molecule has 1 heterocycles. The van der Waals surface area contributed by atoms with Gasteiger partial charge < -0.3 is 14.2 Å². The molecule has 3 heteroatoms. The second-order valence-corrected chi connectivity index (χ2v) is 7.17. The van der Waals surface area contributed by atoms with Crippen molar-refractivity contribution in [3.63, 3.8) is 0 Å². The zero-order chi connectivity index (χ0) is 15.9. The van der Waals surface area contributed by atoms with E-state index in [-0.39, 0.29) is 17.8 Å². The molecule has 0 spiro atoms. The predicted molar refractivity (Wildman–Crippen MR) is 87.3 cm³/mol. The van der Waals surface area contributed by atoms with Gasteiger partial charge in [-0.15, -0.1) is 0 Å². The van der Waals surface area contributed by atoms with Crippen LogP contribution in [-0.4, -0.2) is 25.6 Å². The molecule has 0 aromatic rings. The Kier molecular flexibility index (Phi) is 4.39. The summed E-state index contributed by atoms with van der Waals surface area (Å²) in [7, 11) is 0. The monoisotopic (exact) mass is 306 g/mol. The molecule has 0 saturated heterocycles. The second kappa shape index (κ2) is 6.01. The molecule has 1 aliphatic heterocycles. The van der Waals surface area contributed by atoms with E-state index in [1.807, 2.05) is 6.92 Å². The Balaban J connectivity index is 2.06. The van der Waals surface area contributed by atoms with Crippen LogP contribution in [0.5, 0.6) is 0 Å². The first-order valence-electron chi connectivity index (χ1n) is 8.86. The minimum absolute atomic E-state index is 0.128. The van der Waals surface area contributed by atoms with E-state index >= 15 is 0 Å². The molecular weight excluding hydrogens is 276 g/mol. The van der Waals surface area contributed by atoms with Gasteiger partial charge in [0.05, 0.1) is 6.10 Å². The van der Waals surface area contributed by atoms with E-state index < -0.39 is 0 Å². The molecule has 3 rings (SSSR count). The molecule has 22 heavy (non-hydrogen) atoms. The molecule has 1 saturated carbocycles. The number of fused-ring (bicyclic) bond motifs is 2. The van der Waals surface area contributed by atoms with E-state index in [2.05, 4.69) is 33.8 Å². The fourth-order valence-electron chi connectivity index (χ4n) is 4.63. The second-order valence-electron chi connectivity index (χ2n) is 7.17. The van der Waals surface area contributed by atoms with Crippen molar-refractivity contribution in [1.29, 1.82) is 0 Å². The maximum atomic E-state index is 6.30. The van der Waals surface area contributed by atoms with Crippen molar-refractivity contribution in [2.45, 2.75) is 66.3 Å². The Morgan fingerprint density at radius 1 is 1.23 bits per heavy atom. The highest BCUT2D eigenvalue weighted by molar-refractivity contribution is 5.45. The molecule has 0 radical (unpaired) electrons. The van der Waals surface area contributed by atoms with Crippen molar-refractivity contribution in [2.24, 2.45) is 17.3 Å². The van der Waals surface area contributed by atoms with E-state index in [9.17, 15) is 0 Å². The number of ether oxygens (including phenoxy) is 3. The van der Waals surface area contributed by atoms with E-state index in [0.29, 0.717) is 18.4 Å². The summed E-state index contributed by atoms with van der Waals surface area (Å²) >= 11 is 0. The predicted octanol–water partition coefficient (Wildman–Crippen LogP) is 4.44. The molecule has 2 aliphatic carbocycles. The standard InChI is InChI=1S/C19H30O3/c1-6-20-17-16-13(4)18(21-7-2)22-15(16)11-14-10-8-9-12(3)19(14,17)5/h11-12,14,17-18H,6-10H2,1-5H3/t12-,14?,17+,18?,19+/m0/s1. The summed E-state index contributed by atoms with van der Waals surface area (Å²) in [4.78, 5) is 0. The Bertz CT molecular complexity index is 493. The summed E-state index contributed by atoms with van der Waals surface area (Å²) in [5.74, 6) is 2.22. The number of hydrogen-bond acceptors (Lipinski definition) is 3. The number of allylic oxidation sites excluding steroid dienone is 1. The lowest BCUT2D eigenvalue weighted by Gasteiger charge is -2.52. The zero-order valence-corrected chi connectivity index (χ0v) is 14.6. The third-order valence-corrected chi connectivity index (χ3v) is 6.12. The summed E-state index contributed by atoms with van der Waals surface area (Å²) < 4.78 is 18.2. The maximum absolute atomic E-state index is 6.30. The minimum Gasteiger partial charge on any atom is -0.461 e. The van der Waals surface area contributed by atoms with E-state index in [0.717, 1.165) is 12.4 Å². The molecule has 0 aromatic carbocycles. The fourth-order valence-corrected chi connectivity index (χ4v) is 4.63. The third kappa shape index (κ3) is 2.25. The van der Waals surface area contributed by atoms with Crippen molar-refractivity contribution in [3.05, 3.63) is 23.0 Å². The van der Waals surface area contributed by atoms with Crippen molar-refractivity contribution in [2.75, 3.05) is 13.2 Å². The maximum Gasteiger partial charge on any atom is 0.223 e. The average Bonchev–Trinajstić information content (AvgIpc) is 2.78. The van der Waals surface area contributed by atoms with Crippen LogP contribution in [0.25, 0.3) is 0 Å². The van der Waals surface area contributed by atoms with Gasteiger partial charge in [-0.25, -0.2) is 0 Å². The lowest BCUT2D eigenvalue weighted by atomic mass is 9.55. The first-order chi connectivity index (χ1) is 10.5. The van der Waals surface area contributed by atoms with Gasteiger partial charge in [-0.3, -0.25) is 0 Å². The molecule has 124 valence electrons. The SMILES string of the molecule is CCOC1OC2=CC3CCC[C@H](C)[C@@]3(C)[C@H](OCC)C2=C1C. The minimum atomic E-state index is -0.228. The summed E-state index contributed by atoms with van der Waals surface area (Å²) in [6, 6.07) is 0. The van der Waals surface area contributed by atoms with Crippen LogP contribution in [-0.2, 0) is 14.2 Å². The third-order valence-electron chi connectivity index (χ3n) is 6.12. The normalized spacial score (nSPS) is 40.9. The van der Waals surface area contributed by atoms with Gasteiger partial charge in [-0.1, -0.05) is 26.7 Å². The Morgan fingerprint density at radius 2 is 1.95 bits per heavy atom. The molecule has 0 N–H and O–H groups in total. The van der Waals surface area contributed by atoms with Crippen LogP contribution in [0.3, 0.4) is 0 Å². The van der Waals surface area contributed by atoms with E-state index in [1.165, 1.54) is 30.4 Å². The van der Waals surface area contributed by atoms with Gasteiger partial charge in [0, 0.05) is 29.8 Å². The van der Waals surface area contributed by atoms with Gasteiger partial charge in [0.2, 0.25) is 6.29 Å². The summed E-state index contributed by atoms with van der Waals surface area (Å²) in [6.07, 6.45) is 6.10. The highest BCUT2D eigenvalue weighted by Gasteiger charge is 2.54. The lowest BCUT2D eigenvalue weighted by molar-refractivity contribution is -0.0907. The smallest absolute Gasteiger partial charge is 0.223 e. The Labute approximate surface area is 134 Å². The number of hydrogen-bond donors (Lipinski definition) is 0. The molecule has 0 aromatic heterocycles. The van der Waals surface area contributed by atoms with Gasteiger partial charge in [0.1, 0.15) is 5.76 Å². The van der Waals surface area contributed by atoms with Crippen LogP contribution in [0.15, 0.2) is 23.0 Å². The lowest BCUT2D eigenvalue weighted by Crippen LogP contribution is -2.50. The molecule has 3 nitrogen and oxygen atoms in total. The first kappa shape index (κ1) is 16.1. The van der Waals surface area contributed by atoms with Crippen molar-refractivity contribution < 1.29 is 14.2 Å². The summed E-state index contributed by atoms with van der Waals surface area (Å²) in [6.45, 7) is 12.5. The fraction of sp³-hybridized carbons (Fsp3) is 0.789. The molecule has 1 fully saturated rings.